The Bertz CT molecular complexity index is 643. The summed E-state index contributed by atoms with van der Waals surface area (Å²) in [4.78, 5) is 19.8. The first-order valence-corrected chi connectivity index (χ1v) is 13.9. The monoisotopic (exact) mass is 442 g/mol. The van der Waals surface area contributed by atoms with Crippen molar-refractivity contribution in [3.8, 4) is 0 Å². The maximum Gasteiger partial charge on any atom is 0.222 e. The van der Waals surface area contributed by atoms with Gasteiger partial charge in [0.25, 0.3) is 0 Å². The molecule has 174 valence electrons. The highest BCUT2D eigenvalue weighted by molar-refractivity contribution is 7.88. The number of hydrogen-bond donors (Lipinski definition) is 0. The molecule has 1 atom stereocenters. The molecule has 7 nitrogen and oxygen atoms in total. The van der Waals surface area contributed by atoms with E-state index in [2.05, 4.69) is 16.7 Å². The summed E-state index contributed by atoms with van der Waals surface area (Å²) in [7, 11) is -3.27. The summed E-state index contributed by atoms with van der Waals surface area (Å²) in [5, 5.41) is 0. The maximum atomic E-state index is 13.0. The summed E-state index contributed by atoms with van der Waals surface area (Å²) >= 11 is 0. The molecule has 0 N–H and O–H groups in total. The van der Waals surface area contributed by atoms with E-state index in [1.165, 1.54) is 19.1 Å². The Morgan fingerprint density at radius 1 is 0.967 bits per heavy atom. The van der Waals surface area contributed by atoms with Gasteiger partial charge in [-0.05, 0) is 90.1 Å². The Kier molecular flexibility index (Phi) is 8.98. The van der Waals surface area contributed by atoms with Gasteiger partial charge in [0.15, 0.2) is 0 Å². The summed E-state index contributed by atoms with van der Waals surface area (Å²) < 4.78 is 26.7. The zero-order valence-electron chi connectivity index (χ0n) is 19.1. The molecule has 3 aliphatic heterocycles. The number of amides is 1. The maximum absolute atomic E-state index is 13.0. The van der Waals surface area contributed by atoms with Crippen LogP contribution in [-0.2, 0) is 14.8 Å². The topological polar surface area (TPSA) is 64.2 Å². The third-order valence-corrected chi connectivity index (χ3v) is 8.58. The predicted molar refractivity (Wildman–Crippen MR) is 121 cm³/mol. The van der Waals surface area contributed by atoms with Crippen LogP contribution in [0.25, 0.3) is 0 Å². The summed E-state index contributed by atoms with van der Waals surface area (Å²) in [6, 6.07) is -0.0711. The fourth-order valence-electron chi connectivity index (χ4n) is 5.37. The van der Waals surface area contributed by atoms with Crippen molar-refractivity contribution in [2.45, 2.75) is 64.3 Å². The molecule has 3 heterocycles. The number of hydrogen-bond acceptors (Lipinski definition) is 5. The first kappa shape index (κ1) is 24.0. The van der Waals surface area contributed by atoms with E-state index in [4.69, 9.17) is 0 Å². The molecule has 1 unspecified atom stereocenters. The normalized spacial score (nSPS) is 25.3. The van der Waals surface area contributed by atoms with Crippen molar-refractivity contribution in [1.82, 2.24) is 19.0 Å². The summed E-state index contributed by atoms with van der Waals surface area (Å²) in [6.45, 7) is 10.6. The Morgan fingerprint density at radius 3 is 2.30 bits per heavy atom. The number of likely N-dealkylation sites (tertiary alicyclic amines) is 3. The second-order valence-electron chi connectivity index (χ2n) is 9.49. The minimum atomic E-state index is -3.27. The number of piperidine rings is 2. The molecule has 0 aromatic heterocycles. The van der Waals surface area contributed by atoms with Crippen LogP contribution >= 0.6 is 0 Å². The molecule has 0 aromatic carbocycles. The standard InChI is InChI=1S/C22H42N4O3S/c1-3-23-16-9-20(10-17-23)18-22(27)25-14-6-8-21(19-25)26(30(2,28)29)15-7-13-24-11-4-5-12-24/h20-21H,3-19H2,1-2H3. The average molecular weight is 443 g/mol. The molecule has 0 aromatic rings. The van der Waals surface area contributed by atoms with Crippen LogP contribution in [-0.4, -0.2) is 105 Å². The van der Waals surface area contributed by atoms with Crippen LogP contribution in [0.3, 0.4) is 0 Å². The molecular formula is C22H42N4O3S. The Balaban J connectivity index is 1.50. The lowest BCUT2D eigenvalue weighted by molar-refractivity contribution is -0.134. The Morgan fingerprint density at radius 2 is 1.67 bits per heavy atom. The number of rotatable bonds is 9. The van der Waals surface area contributed by atoms with Gasteiger partial charge in [-0.1, -0.05) is 6.92 Å². The van der Waals surface area contributed by atoms with Gasteiger partial charge in [0.1, 0.15) is 0 Å². The smallest absolute Gasteiger partial charge is 0.222 e. The SMILES string of the molecule is CCN1CCC(CC(=O)N2CCCC(N(CCCN3CCCC3)S(C)(=O)=O)C2)CC1. The fourth-order valence-corrected chi connectivity index (χ4v) is 6.55. The van der Waals surface area contributed by atoms with Crippen LogP contribution in [0.4, 0.5) is 0 Å². The quantitative estimate of drug-likeness (QED) is 0.545. The lowest BCUT2D eigenvalue weighted by atomic mass is 9.92. The van der Waals surface area contributed by atoms with Gasteiger partial charge in [-0.15, -0.1) is 0 Å². The van der Waals surface area contributed by atoms with Crippen molar-refractivity contribution in [1.29, 1.82) is 0 Å². The van der Waals surface area contributed by atoms with Crippen LogP contribution in [0.2, 0.25) is 0 Å². The van der Waals surface area contributed by atoms with Crippen molar-refractivity contribution in [2.75, 3.05) is 65.2 Å². The molecule has 0 saturated carbocycles. The van der Waals surface area contributed by atoms with Gasteiger partial charge in [0, 0.05) is 32.1 Å². The van der Waals surface area contributed by atoms with Gasteiger partial charge < -0.3 is 14.7 Å². The molecule has 3 fully saturated rings. The van der Waals surface area contributed by atoms with E-state index in [9.17, 15) is 13.2 Å². The number of nitrogens with zero attached hydrogens (tertiary/aromatic N) is 4. The lowest BCUT2D eigenvalue weighted by Gasteiger charge is -2.39. The fraction of sp³-hybridized carbons (Fsp3) is 0.955. The molecule has 8 heteroatoms. The van der Waals surface area contributed by atoms with Crippen LogP contribution in [0.1, 0.15) is 58.3 Å². The second kappa shape index (κ2) is 11.2. The van der Waals surface area contributed by atoms with Crippen molar-refractivity contribution >= 4 is 15.9 Å². The highest BCUT2D eigenvalue weighted by atomic mass is 32.2. The minimum absolute atomic E-state index is 0.0711. The number of sulfonamides is 1. The molecule has 1 amide bonds. The molecule has 3 aliphatic rings. The van der Waals surface area contributed by atoms with Gasteiger partial charge in [0.05, 0.1) is 6.26 Å². The third-order valence-electron chi connectivity index (χ3n) is 7.25. The van der Waals surface area contributed by atoms with Crippen molar-refractivity contribution in [3.63, 3.8) is 0 Å². The summed E-state index contributed by atoms with van der Waals surface area (Å²) in [5.74, 6) is 0.701. The third kappa shape index (κ3) is 6.90. The van der Waals surface area contributed by atoms with Gasteiger partial charge in [-0.2, -0.15) is 4.31 Å². The first-order valence-electron chi connectivity index (χ1n) is 12.1. The largest absolute Gasteiger partial charge is 0.341 e. The molecule has 3 saturated heterocycles. The zero-order valence-corrected chi connectivity index (χ0v) is 19.9. The molecule has 0 spiro atoms. The van der Waals surface area contributed by atoms with Crippen LogP contribution in [0.5, 0.6) is 0 Å². The highest BCUT2D eigenvalue weighted by Crippen LogP contribution is 2.24. The number of carbonyl (C=O) groups excluding carboxylic acids is 1. The molecule has 0 radical (unpaired) electrons. The Labute approximate surface area is 183 Å². The predicted octanol–water partition coefficient (Wildman–Crippen LogP) is 1.85. The lowest BCUT2D eigenvalue weighted by Crippen LogP contribution is -2.52. The molecule has 0 bridgehead atoms. The summed E-state index contributed by atoms with van der Waals surface area (Å²) in [5.41, 5.74) is 0. The highest BCUT2D eigenvalue weighted by Gasteiger charge is 2.33. The molecule has 0 aliphatic carbocycles. The van der Waals surface area contributed by atoms with E-state index >= 15 is 0 Å². The van der Waals surface area contributed by atoms with Gasteiger partial charge in [0.2, 0.25) is 15.9 Å². The minimum Gasteiger partial charge on any atom is -0.341 e. The summed E-state index contributed by atoms with van der Waals surface area (Å²) in [6.07, 6.45) is 9.28. The van der Waals surface area contributed by atoms with Gasteiger partial charge in [-0.25, -0.2) is 8.42 Å². The zero-order chi connectivity index (χ0) is 21.6. The van der Waals surface area contributed by atoms with Crippen molar-refractivity contribution in [3.05, 3.63) is 0 Å². The first-order chi connectivity index (χ1) is 14.4. The number of carbonyl (C=O) groups is 1. The average Bonchev–Trinajstić information content (AvgIpc) is 3.24. The van der Waals surface area contributed by atoms with E-state index in [-0.39, 0.29) is 11.9 Å². The molecule has 3 rings (SSSR count). The van der Waals surface area contributed by atoms with Crippen molar-refractivity contribution < 1.29 is 13.2 Å². The van der Waals surface area contributed by atoms with E-state index in [0.717, 1.165) is 77.9 Å². The van der Waals surface area contributed by atoms with Gasteiger partial charge >= 0.3 is 0 Å². The van der Waals surface area contributed by atoms with E-state index in [1.807, 2.05) is 4.90 Å². The van der Waals surface area contributed by atoms with Crippen molar-refractivity contribution in [2.24, 2.45) is 5.92 Å². The van der Waals surface area contributed by atoms with Gasteiger partial charge in [-0.3, -0.25) is 4.79 Å². The van der Waals surface area contributed by atoms with Crippen LogP contribution < -0.4 is 0 Å². The molecule has 30 heavy (non-hydrogen) atoms. The van der Waals surface area contributed by atoms with Crippen LogP contribution in [0, 0.1) is 5.92 Å². The Hall–Kier alpha value is -0.700. The van der Waals surface area contributed by atoms with Crippen LogP contribution in [0.15, 0.2) is 0 Å². The second-order valence-corrected chi connectivity index (χ2v) is 11.4. The van der Waals surface area contributed by atoms with E-state index in [1.54, 1.807) is 4.31 Å². The van der Waals surface area contributed by atoms with E-state index in [0.29, 0.717) is 25.4 Å². The molecular weight excluding hydrogens is 400 g/mol. The van der Waals surface area contributed by atoms with E-state index < -0.39 is 10.0 Å².